The summed E-state index contributed by atoms with van der Waals surface area (Å²) >= 11 is 0. The standard InChI is InChI=1S/C13H23N5O2/c1-3-18-12(11(14)10(2)15-18)13(20)17-6-4-16(5-7-17)8-9-19/h19H,3-9,14H2,1-2H3. The van der Waals surface area contributed by atoms with Crippen molar-refractivity contribution in [1.82, 2.24) is 19.6 Å². The summed E-state index contributed by atoms with van der Waals surface area (Å²) < 4.78 is 1.67. The van der Waals surface area contributed by atoms with Crippen LogP contribution in [0.3, 0.4) is 0 Å². The fraction of sp³-hybridized carbons (Fsp3) is 0.692. The van der Waals surface area contributed by atoms with Crippen LogP contribution < -0.4 is 5.73 Å². The quantitative estimate of drug-likeness (QED) is 0.780. The van der Waals surface area contributed by atoms with Crippen molar-refractivity contribution >= 4 is 11.6 Å². The Morgan fingerprint density at radius 3 is 2.55 bits per heavy atom. The van der Waals surface area contributed by atoms with Crippen LogP contribution in [0.1, 0.15) is 23.1 Å². The largest absolute Gasteiger partial charge is 0.395 e. The zero-order valence-corrected chi connectivity index (χ0v) is 12.2. The number of rotatable bonds is 4. The first-order valence-electron chi connectivity index (χ1n) is 7.03. The Bertz CT molecular complexity index is 477. The van der Waals surface area contributed by atoms with E-state index in [1.54, 1.807) is 4.68 Å². The minimum absolute atomic E-state index is 0.0476. The van der Waals surface area contributed by atoms with Crippen LogP contribution in [0, 0.1) is 6.92 Å². The topological polar surface area (TPSA) is 87.6 Å². The van der Waals surface area contributed by atoms with Gasteiger partial charge in [0, 0.05) is 39.3 Å². The lowest BCUT2D eigenvalue weighted by molar-refractivity contribution is 0.0604. The highest BCUT2D eigenvalue weighted by atomic mass is 16.3. The van der Waals surface area contributed by atoms with Crippen LogP contribution in [0.25, 0.3) is 0 Å². The number of hydrogen-bond acceptors (Lipinski definition) is 5. The Labute approximate surface area is 118 Å². The summed E-state index contributed by atoms with van der Waals surface area (Å²) in [6.07, 6.45) is 0. The fourth-order valence-electron chi connectivity index (χ4n) is 2.52. The summed E-state index contributed by atoms with van der Waals surface area (Å²) in [6, 6.07) is 0. The van der Waals surface area contributed by atoms with Crippen LogP contribution in [0.4, 0.5) is 5.69 Å². The van der Waals surface area contributed by atoms with Crippen molar-refractivity contribution in [3.8, 4) is 0 Å². The van der Waals surface area contributed by atoms with Crippen molar-refractivity contribution in [2.24, 2.45) is 0 Å². The molecule has 0 aliphatic carbocycles. The van der Waals surface area contributed by atoms with Gasteiger partial charge in [-0.05, 0) is 13.8 Å². The number of anilines is 1. The molecule has 1 aliphatic rings. The average Bonchev–Trinajstić information content (AvgIpc) is 2.75. The molecule has 0 aromatic carbocycles. The van der Waals surface area contributed by atoms with E-state index < -0.39 is 0 Å². The smallest absolute Gasteiger partial charge is 0.274 e. The van der Waals surface area contributed by atoms with Crippen LogP contribution in [0.2, 0.25) is 0 Å². The lowest BCUT2D eigenvalue weighted by atomic mass is 10.2. The third kappa shape index (κ3) is 2.78. The number of aliphatic hydroxyl groups is 1. The number of nitrogens with zero attached hydrogens (tertiary/aromatic N) is 4. The lowest BCUT2D eigenvalue weighted by Crippen LogP contribution is -2.49. The van der Waals surface area contributed by atoms with Crippen LogP contribution in [-0.4, -0.2) is 69.9 Å². The number of piperazine rings is 1. The zero-order chi connectivity index (χ0) is 14.7. The number of aryl methyl sites for hydroxylation is 2. The van der Waals surface area contributed by atoms with Crippen LogP contribution in [0.15, 0.2) is 0 Å². The number of carbonyl (C=O) groups is 1. The Kier molecular flexibility index (Phi) is 4.61. The Hall–Kier alpha value is -1.60. The molecule has 20 heavy (non-hydrogen) atoms. The molecule has 1 fully saturated rings. The monoisotopic (exact) mass is 281 g/mol. The first kappa shape index (κ1) is 14.8. The summed E-state index contributed by atoms with van der Waals surface area (Å²) in [5, 5.41) is 13.2. The molecule has 0 spiro atoms. The molecule has 1 aromatic heterocycles. The van der Waals surface area contributed by atoms with Gasteiger partial charge in [0.2, 0.25) is 0 Å². The third-order valence-electron chi connectivity index (χ3n) is 3.75. The van der Waals surface area contributed by atoms with Crippen molar-refractivity contribution in [3.05, 3.63) is 11.4 Å². The van der Waals surface area contributed by atoms with Crippen molar-refractivity contribution < 1.29 is 9.90 Å². The van der Waals surface area contributed by atoms with E-state index in [0.29, 0.717) is 43.3 Å². The Morgan fingerprint density at radius 1 is 1.35 bits per heavy atom. The average molecular weight is 281 g/mol. The molecule has 1 aromatic rings. The van der Waals surface area contributed by atoms with Gasteiger partial charge in [-0.1, -0.05) is 0 Å². The summed E-state index contributed by atoms with van der Waals surface area (Å²) in [7, 11) is 0. The molecule has 0 unspecified atom stereocenters. The summed E-state index contributed by atoms with van der Waals surface area (Å²) in [6.45, 7) is 8.09. The predicted molar refractivity (Wildman–Crippen MR) is 76.5 cm³/mol. The maximum atomic E-state index is 12.6. The summed E-state index contributed by atoms with van der Waals surface area (Å²) in [5.41, 5.74) is 7.67. The number of β-amino-alcohol motifs (C(OH)–C–C–N with tert-alkyl or cyclic N) is 1. The van der Waals surface area contributed by atoms with Gasteiger partial charge < -0.3 is 15.7 Å². The van der Waals surface area contributed by atoms with Gasteiger partial charge in [0.1, 0.15) is 5.69 Å². The second kappa shape index (κ2) is 6.23. The fourth-order valence-corrected chi connectivity index (χ4v) is 2.52. The van der Waals surface area contributed by atoms with E-state index in [9.17, 15) is 4.79 Å². The second-order valence-corrected chi connectivity index (χ2v) is 5.02. The minimum Gasteiger partial charge on any atom is -0.395 e. The third-order valence-corrected chi connectivity index (χ3v) is 3.75. The Balaban J connectivity index is 2.09. The normalized spacial score (nSPS) is 16.6. The summed E-state index contributed by atoms with van der Waals surface area (Å²) in [4.78, 5) is 16.6. The number of amides is 1. The van der Waals surface area contributed by atoms with Gasteiger partial charge in [0.05, 0.1) is 18.0 Å². The van der Waals surface area contributed by atoms with Crippen molar-refractivity contribution in [2.45, 2.75) is 20.4 Å². The molecule has 1 aliphatic heterocycles. The second-order valence-electron chi connectivity index (χ2n) is 5.02. The van der Waals surface area contributed by atoms with Crippen LogP contribution in [0.5, 0.6) is 0 Å². The van der Waals surface area contributed by atoms with E-state index in [0.717, 1.165) is 13.1 Å². The first-order valence-corrected chi connectivity index (χ1v) is 7.03. The first-order chi connectivity index (χ1) is 9.58. The molecule has 112 valence electrons. The van der Waals surface area contributed by atoms with Gasteiger partial charge in [-0.25, -0.2) is 0 Å². The zero-order valence-electron chi connectivity index (χ0n) is 12.2. The number of aromatic nitrogens is 2. The van der Waals surface area contributed by atoms with Gasteiger partial charge in [0.25, 0.3) is 5.91 Å². The Morgan fingerprint density at radius 2 is 2.00 bits per heavy atom. The number of aliphatic hydroxyl groups excluding tert-OH is 1. The molecule has 0 saturated carbocycles. The van der Waals surface area contributed by atoms with Crippen molar-refractivity contribution in [3.63, 3.8) is 0 Å². The van der Waals surface area contributed by atoms with E-state index in [4.69, 9.17) is 10.8 Å². The highest BCUT2D eigenvalue weighted by Crippen LogP contribution is 2.19. The lowest BCUT2D eigenvalue weighted by Gasteiger charge is -2.34. The van der Waals surface area contributed by atoms with Crippen LogP contribution in [-0.2, 0) is 6.54 Å². The van der Waals surface area contributed by atoms with E-state index >= 15 is 0 Å². The molecular formula is C13H23N5O2. The number of carbonyl (C=O) groups excluding carboxylic acids is 1. The number of nitrogens with two attached hydrogens (primary N) is 1. The van der Waals surface area contributed by atoms with Gasteiger partial charge in [-0.15, -0.1) is 0 Å². The van der Waals surface area contributed by atoms with E-state index in [2.05, 4.69) is 10.00 Å². The molecule has 0 radical (unpaired) electrons. The molecule has 1 saturated heterocycles. The number of nitrogen functional groups attached to an aromatic ring is 1. The molecule has 1 amide bonds. The SMILES string of the molecule is CCn1nc(C)c(N)c1C(=O)N1CCN(CCO)CC1. The van der Waals surface area contributed by atoms with Crippen LogP contribution >= 0.6 is 0 Å². The predicted octanol–water partition coefficient (Wildman–Crippen LogP) is -0.456. The molecule has 7 nitrogen and oxygen atoms in total. The van der Waals surface area contributed by atoms with E-state index in [1.807, 2.05) is 18.7 Å². The molecule has 7 heteroatoms. The van der Waals surface area contributed by atoms with Gasteiger partial charge in [0.15, 0.2) is 0 Å². The maximum Gasteiger partial charge on any atom is 0.274 e. The van der Waals surface area contributed by atoms with E-state index in [-0.39, 0.29) is 12.5 Å². The molecule has 0 atom stereocenters. The maximum absolute atomic E-state index is 12.6. The molecule has 2 rings (SSSR count). The minimum atomic E-state index is -0.0476. The highest BCUT2D eigenvalue weighted by Gasteiger charge is 2.27. The molecule has 2 heterocycles. The molecule has 3 N–H and O–H groups in total. The van der Waals surface area contributed by atoms with E-state index in [1.165, 1.54) is 0 Å². The number of hydrogen-bond donors (Lipinski definition) is 2. The summed E-state index contributed by atoms with van der Waals surface area (Å²) in [5.74, 6) is -0.0476. The van der Waals surface area contributed by atoms with Crippen molar-refractivity contribution in [1.29, 1.82) is 0 Å². The van der Waals surface area contributed by atoms with Gasteiger partial charge in [-0.3, -0.25) is 14.4 Å². The molecular weight excluding hydrogens is 258 g/mol. The van der Waals surface area contributed by atoms with Crippen molar-refractivity contribution in [2.75, 3.05) is 45.1 Å². The highest BCUT2D eigenvalue weighted by molar-refractivity contribution is 5.98. The molecule has 0 bridgehead atoms. The van der Waals surface area contributed by atoms with Gasteiger partial charge in [-0.2, -0.15) is 5.10 Å². The van der Waals surface area contributed by atoms with Gasteiger partial charge >= 0.3 is 0 Å².